The van der Waals surface area contributed by atoms with Crippen LogP contribution in [0.4, 0.5) is 0 Å². The van der Waals surface area contributed by atoms with E-state index in [4.69, 9.17) is 9.47 Å². The highest BCUT2D eigenvalue weighted by Crippen LogP contribution is 2.32. The third kappa shape index (κ3) is 3.57. The van der Waals surface area contributed by atoms with Crippen LogP contribution in [0.25, 0.3) is 0 Å². The van der Waals surface area contributed by atoms with Gasteiger partial charge in [-0.05, 0) is 49.4 Å². The first kappa shape index (κ1) is 15.4. The van der Waals surface area contributed by atoms with Crippen molar-refractivity contribution in [2.24, 2.45) is 0 Å². The fraction of sp³-hybridized carbons (Fsp3) is 0.368. The average Bonchev–Trinajstić information content (AvgIpc) is 2.47. The Labute approximate surface area is 127 Å². The van der Waals surface area contributed by atoms with E-state index in [0.29, 0.717) is 5.92 Å². The molecule has 0 fully saturated rings. The second kappa shape index (κ2) is 6.66. The predicted octanol–water partition coefficient (Wildman–Crippen LogP) is 4.67. The number of rotatable bonds is 5. The van der Waals surface area contributed by atoms with Gasteiger partial charge in [0.25, 0.3) is 0 Å². The minimum absolute atomic E-state index is 0.371. The standard InChI is InChI=1S/C19H24O2/c1-13-6-8-18(20-4)16(10-13)12-15(3)17-11-14(2)7-9-19(17)21-5/h6-11,15H,12H2,1-5H3. The minimum Gasteiger partial charge on any atom is -0.496 e. The number of benzene rings is 2. The lowest BCUT2D eigenvalue weighted by Crippen LogP contribution is -2.03. The summed E-state index contributed by atoms with van der Waals surface area (Å²) in [7, 11) is 3.46. The molecule has 0 amide bonds. The molecule has 2 aromatic rings. The van der Waals surface area contributed by atoms with Crippen molar-refractivity contribution in [2.45, 2.75) is 33.1 Å². The minimum atomic E-state index is 0.371. The summed E-state index contributed by atoms with van der Waals surface area (Å²) < 4.78 is 11.0. The zero-order valence-electron chi connectivity index (χ0n) is 13.6. The highest BCUT2D eigenvalue weighted by molar-refractivity contribution is 5.42. The summed E-state index contributed by atoms with van der Waals surface area (Å²) in [5.41, 5.74) is 5.01. The summed E-state index contributed by atoms with van der Waals surface area (Å²) >= 11 is 0. The molecule has 0 saturated heterocycles. The first-order valence-corrected chi connectivity index (χ1v) is 7.33. The summed E-state index contributed by atoms with van der Waals surface area (Å²) in [5, 5.41) is 0. The fourth-order valence-electron chi connectivity index (χ4n) is 2.75. The molecule has 0 aromatic heterocycles. The highest BCUT2D eigenvalue weighted by atomic mass is 16.5. The van der Waals surface area contributed by atoms with Crippen LogP contribution >= 0.6 is 0 Å². The van der Waals surface area contributed by atoms with Gasteiger partial charge in [0.05, 0.1) is 14.2 Å². The summed E-state index contributed by atoms with van der Waals surface area (Å²) in [4.78, 5) is 0. The van der Waals surface area contributed by atoms with Crippen molar-refractivity contribution in [3.8, 4) is 11.5 Å². The van der Waals surface area contributed by atoms with Gasteiger partial charge >= 0.3 is 0 Å². The number of methoxy groups -OCH3 is 2. The lowest BCUT2D eigenvalue weighted by Gasteiger charge is -2.18. The Morgan fingerprint density at radius 3 is 2.05 bits per heavy atom. The molecule has 0 heterocycles. The Morgan fingerprint density at radius 1 is 0.857 bits per heavy atom. The zero-order valence-corrected chi connectivity index (χ0v) is 13.6. The van der Waals surface area contributed by atoms with E-state index in [1.807, 2.05) is 6.07 Å². The van der Waals surface area contributed by atoms with Crippen molar-refractivity contribution in [2.75, 3.05) is 14.2 Å². The van der Waals surface area contributed by atoms with E-state index >= 15 is 0 Å². The molecule has 112 valence electrons. The number of ether oxygens (including phenoxy) is 2. The van der Waals surface area contributed by atoms with E-state index in [0.717, 1.165) is 17.9 Å². The van der Waals surface area contributed by atoms with Gasteiger partial charge in [-0.3, -0.25) is 0 Å². The van der Waals surface area contributed by atoms with Gasteiger partial charge in [-0.15, -0.1) is 0 Å². The van der Waals surface area contributed by atoms with Gasteiger partial charge in [0, 0.05) is 0 Å². The van der Waals surface area contributed by atoms with Gasteiger partial charge in [0.15, 0.2) is 0 Å². The monoisotopic (exact) mass is 284 g/mol. The average molecular weight is 284 g/mol. The lowest BCUT2D eigenvalue weighted by atomic mass is 9.91. The molecule has 2 aromatic carbocycles. The van der Waals surface area contributed by atoms with Gasteiger partial charge in [-0.2, -0.15) is 0 Å². The van der Waals surface area contributed by atoms with Crippen LogP contribution < -0.4 is 9.47 Å². The van der Waals surface area contributed by atoms with Crippen LogP contribution in [-0.2, 0) is 6.42 Å². The topological polar surface area (TPSA) is 18.5 Å². The summed E-state index contributed by atoms with van der Waals surface area (Å²) in [5.74, 6) is 2.29. The summed E-state index contributed by atoms with van der Waals surface area (Å²) in [6, 6.07) is 12.7. The lowest BCUT2D eigenvalue weighted by molar-refractivity contribution is 0.401. The second-order valence-electron chi connectivity index (χ2n) is 5.67. The predicted molar refractivity (Wildman–Crippen MR) is 87.6 cm³/mol. The molecule has 0 spiro atoms. The van der Waals surface area contributed by atoms with Gasteiger partial charge in [-0.1, -0.05) is 42.3 Å². The van der Waals surface area contributed by atoms with Crippen LogP contribution in [0.1, 0.15) is 35.1 Å². The first-order valence-electron chi connectivity index (χ1n) is 7.33. The zero-order chi connectivity index (χ0) is 15.4. The van der Waals surface area contributed by atoms with E-state index in [-0.39, 0.29) is 0 Å². The Bertz CT molecular complexity index is 617. The first-order chi connectivity index (χ1) is 10.0. The molecule has 21 heavy (non-hydrogen) atoms. The maximum atomic E-state index is 5.51. The van der Waals surface area contributed by atoms with Gasteiger partial charge in [0.2, 0.25) is 0 Å². The van der Waals surface area contributed by atoms with E-state index in [1.165, 1.54) is 22.3 Å². The third-order valence-electron chi connectivity index (χ3n) is 3.88. The molecule has 0 aliphatic heterocycles. The molecule has 2 rings (SSSR count). The fourth-order valence-corrected chi connectivity index (χ4v) is 2.75. The number of aryl methyl sites for hydroxylation is 2. The van der Waals surface area contributed by atoms with Gasteiger partial charge < -0.3 is 9.47 Å². The molecule has 0 N–H and O–H groups in total. The molecular formula is C19H24O2. The molecule has 0 bridgehead atoms. The van der Waals surface area contributed by atoms with E-state index < -0.39 is 0 Å². The quantitative estimate of drug-likeness (QED) is 0.794. The van der Waals surface area contributed by atoms with E-state index in [9.17, 15) is 0 Å². The van der Waals surface area contributed by atoms with Crippen LogP contribution in [0, 0.1) is 13.8 Å². The largest absolute Gasteiger partial charge is 0.496 e. The Morgan fingerprint density at radius 2 is 1.43 bits per heavy atom. The van der Waals surface area contributed by atoms with E-state index in [1.54, 1.807) is 14.2 Å². The molecule has 1 unspecified atom stereocenters. The second-order valence-corrected chi connectivity index (χ2v) is 5.67. The molecule has 0 saturated carbocycles. The third-order valence-corrected chi connectivity index (χ3v) is 3.88. The van der Waals surface area contributed by atoms with Crippen molar-refractivity contribution in [3.05, 3.63) is 58.7 Å². The van der Waals surface area contributed by atoms with Crippen molar-refractivity contribution < 1.29 is 9.47 Å². The molecule has 0 aliphatic rings. The SMILES string of the molecule is COc1ccc(C)cc1CC(C)c1cc(C)ccc1OC. The smallest absolute Gasteiger partial charge is 0.122 e. The maximum Gasteiger partial charge on any atom is 0.122 e. The van der Waals surface area contributed by atoms with Crippen molar-refractivity contribution in [1.29, 1.82) is 0 Å². The molecule has 2 heteroatoms. The molecular weight excluding hydrogens is 260 g/mol. The maximum absolute atomic E-state index is 5.51. The van der Waals surface area contributed by atoms with Crippen molar-refractivity contribution in [3.63, 3.8) is 0 Å². The molecule has 0 aliphatic carbocycles. The van der Waals surface area contributed by atoms with Crippen LogP contribution in [-0.4, -0.2) is 14.2 Å². The van der Waals surface area contributed by atoms with Crippen LogP contribution in [0.5, 0.6) is 11.5 Å². The molecule has 2 nitrogen and oxygen atoms in total. The van der Waals surface area contributed by atoms with Crippen molar-refractivity contribution >= 4 is 0 Å². The van der Waals surface area contributed by atoms with Crippen LogP contribution in [0.2, 0.25) is 0 Å². The Balaban J connectivity index is 2.31. The summed E-state index contributed by atoms with van der Waals surface area (Å²) in [6.45, 7) is 6.46. The molecule has 1 atom stereocenters. The number of hydrogen-bond donors (Lipinski definition) is 0. The van der Waals surface area contributed by atoms with Crippen molar-refractivity contribution in [1.82, 2.24) is 0 Å². The van der Waals surface area contributed by atoms with E-state index in [2.05, 4.69) is 51.1 Å². The number of hydrogen-bond acceptors (Lipinski definition) is 2. The summed E-state index contributed by atoms with van der Waals surface area (Å²) in [6.07, 6.45) is 0.935. The van der Waals surface area contributed by atoms with Crippen LogP contribution in [0.3, 0.4) is 0 Å². The van der Waals surface area contributed by atoms with Gasteiger partial charge in [-0.25, -0.2) is 0 Å². The Hall–Kier alpha value is -1.96. The van der Waals surface area contributed by atoms with Gasteiger partial charge in [0.1, 0.15) is 11.5 Å². The normalized spacial score (nSPS) is 12.0. The molecule has 0 radical (unpaired) electrons. The van der Waals surface area contributed by atoms with Crippen LogP contribution in [0.15, 0.2) is 36.4 Å². The highest BCUT2D eigenvalue weighted by Gasteiger charge is 2.15. The Kier molecular flexibility index (Phi) is 4.89.